The SMILES string of the molecule is CCOc1cc(/C=C2\N=C(c3ccc(Cl)c([N+](=O)[O-])c3)OC2=O)cc(Cl)c1OCc1ccccc1Br. The van der Waals surface area contributed by atoms with Gasteiger partial charge in [-0.1, -0.05) is 57.3 Å². The number of nitro benzene ring substituents is 1. The molecule has 1 aliphatic rings. The van der Waals surface area contributed by atoms with Crippen molar-refractivity contribution in [3.8, 4) is 11.5 Å². The van der Waals surface area contributed by atoms with Crippen LogP contribution in [0.15, 0.2) is 69.8 Å². The molecule has 0 atom stereocenters. The maximum Gasteiger partial charge on any atom is 0.363 e. The zero-order chi connectivity index (χ0) is 25.8. The molecule has 0 amide bonds. The van der Waals surface area contributed by atoms with Gasteiger partial charge in [-0.3, -0.25) is 10.1 Å². The number of hydrogen-bond acceptors (Lipinski definition) is 7. The summed E-state index contributed by atoms with van der Waals surface area (Å²) in [5, 5.41) is 11.4. The van der Waals surface area contributed by atoms with E-state index in [1.807, 2.05) is 31.2 Å². The highest BCUT2D eigenvalue weighted by molar-refractivity contribution is 9.10. The quantitative estimate of drug-likeness (QED) is 0.121. The van der Waals surface area contributed by atoms with Crippen LogP contribution < -0.4 is 9.47 Å². The van der Waals surface area contributed by atoms with Crippen molar-refractivity contribution in [2.75, 3.05) is 6.61 Å². The molecule has 4 rings (SSSR count). The van der Waals surface area contributed by atoms with E-state index < -0.39 is 10.9 Å². The van der Waals surface area contributed by atoms with E-state index in [1.165, 1.54) is 24.3 Å². The van der Waals surface area contributed by atoms with E-state index in [4.69, 9.17) is 37.4 Å². The van der Waals surface area contributed by atoms with Crippen molar-refractivity contribution in [3.63, 3.8) is 0 Å². The maximum atomic E-state index is 12.4. The zero-order valence-electron chi connectivity index (χ0n) is 18.7. The molecule has 3 aromatic carbocycles. The van der Waals surface area contributed by atoms with Gasteiger partial charge in [0.1, 0.15) is 11.6 Å². The van der Waals surface area contributed by atoms with Crippen LogP contribution in [0.2, 0.25) is 10.0 Å². The standard InChI is InChI=1S/C25H17BrCl2N2O6/c1-2-34-22-11-14(9-19(28)23(22)35-13-16-5-3-4-6-17(16)26)10-20-25(31)36-24(29-20)15-7-8-18(27)21(12-15)30(32)33/h3-12H,2,13H2,1H3/b20-10-. The molecular formula is C25H17BrCl2N2O6. The van der Waals surface area contributed by atoms with Crippen LogP contribution in [-0.4, -0.2) is 23.4 Å². The largest absolute Gasteiger partial charge is 0.490 e. The van der Waals surface area contributed by atoms with Crippen LogP contribution in [0, 0.1) is 10.1 Å². The van der Waals surface area contributed by atoms with Gasteiger partial charge < -0.3 is 14.2 Å². The molecule has 1 aliphatic heterocycles. The van der Waals surface area contributed by atoms with Gasteiger partial charge in [0, 0.05) is 21.7 Å². The van der Waals surface area contributed by atoms with Crippen molar-refractivity contribution in [1.29, 1.82) is 0 Å². The van der Waals surface area contributed by atoms with E-state index in [1.54, 1.807) is 12.1 Å². The topological polar surface area (TPSA) is 100 Å². The average Bonchev–Trinajstić information content (AvgIpc) is 3.20. The number of ether oxygens (including phenoxy) is 3. The van der Waals surface area contributed by atoms with Gasteiger partial charge in [0.2, 0.25) is 5.90 Å². The Morgan fingerprint density at radius 1 is 1.11 bits per heavy atom. The molecule has 0 spiro atoms. The number of cyclic esters (lactones) is 1. The van der Waals surface area contributed by atoms with E-state index in [0.29, 0.717) is 23.7 Å². The van der Waals surface area contributed by atoms with Gasteiger partial charge in [0.25, 0.3) is 5.69 Å². The van der Waals surface area contributed by atoms with Crippen molar-refractivity contribution in [3.05, 3.63) is 102 Å². The smallest absolute Gasteiger partial charge is 0.363 e. The minimum absolute atomic E-state index is 0.0111. The van der Waals surface area contributed by atoms with Gasteiger partial charge in [-0.25, -0.2) is 9.79 Å². The van der Waals surface area contributed by atoms with Gasteiger partial charge in [-0.05, 0) is 48.9 Å². The fraction of sp³-hybridized carbons (Fsp3) is 0.120. The van der Waals surface area contributed by atoms with Crippen molar-refractivity contribution in [2.24, 2.45) is 4.99 Å². The Bertz CT molecular complexity index is 1420. The first-order valence-electron chi connectivity index (χ1n) is 10.6. The molecule has 0 bridgehead atoms. The van der Waals surface area contributed by atoms with E-state index in [2.05, 4.69) is 20.9 Å². The summed E-state index contributed by atoms with van der Waals surface area (Å²) in [5.41, 5.74) is 1.36. The number of nitrogens with zero attached hydrogens (tertiary/aromatic N) is 2. The molecule has 0 unspecified atom stereocenters. The highest BCUT2D eigenvalue weighted by Gasteiger charge is 2.26. The van der Waals surface area contributed by atoms with Crippen LogP contribution in [0.4, 0.5) is 5.69 Å². The molecule has 0 fully saturated rings. The third kappa shape index (κ3) is 5.70. The van der Waals surface area contributed by atoms with E-state index in [0.717, 1.165) is 10.0 Å². The fourth-order valence-electron chi connectivity index (χ4n) is 3.32. The molecule has 0 saturated carbocycles. The maximum absolute atomic E-state index is 12.4. The monoisotopic (exact) mass is 590 g/mol. The molecule has 0 aliphatic carbocycles. The Morgan fingerprint density at radius 2 is 1.89 bits per heavy atom. The van der Waals surface area contributed by atoms with E-state index in [-0.39, 0.29) is 39.5 Å². The summed E-state index contributed by atoms with van der Waals surface area (Å²) < 4.78 is 17.8. The van der Waals surface area contributed by atoms with Crippen LogP contribution in [0.1, 0.15) is 23.6 Å². The number of benzene rings is 3. The summed E-state index contributed by atoms with van der Waals surface area (Å²) in [6.45, 7) is 2.45. The normalized spacial score (nSPS) is 13.9. The minimum Gasteiger partial charge on any atom is -0.490 e. The Balaban J connectivity index is 1.63. The molecule has 0 radical (unpaired) electrons. The first-order valence-corrected chi connectivity index (χ1v) is 12.1. The van der Waals surface area contributed by atoms with E-state index in [9.17, 15) is 14.9 Å². The highest BCUT2D eigenvalue weighted by atomic mass is 79.9. The second kappa shape index (κ2) is 11.1. The summed E-state index contributed by atoms with van der Waals surface area (Å²) in [6, 6.07) is 14.9. The van der Waals surface area contributed by atoms with Crippen LogP contribution in [0.3, 0.4) is 0 Å². The third-order valence-corrected chi connectivity index (χ3v) is 6.35. The Hall–Kier alpha value is -3.40. The van der Waals surface area contributed by atoms with E-state index >= 15 is 0 Å². The predicted octanol–water partition coefficient (Wildman–Crippen LogP) is 6.99. The van der Waals surface area contributed by atoms with Gasteiger partial charge in [-0.2, -0.15) is 0 Å². The lowest BCUT2D eigenvalue weighted by molar-refractivity contribution is -0.384. The molecule has 11 heteroatoms. The van der Waals surface area contributed by atoms with Gasteiger partial charge in [0.15, 0.2) is 17.2 Å². The van der Waals surface area contributed by atoms with Crippen LogP contribution in [0.5, 0.6) is 11.5 Å². The first kappa shape index (κ1) is 25.7. The van der Waals surface area contributed by atoms with Crippen LogP contribution >= 0.6 is 39.1 Å². The lowest BCUT2D eigenvalue weighted by atomic mass is 10.1. The summed E-state index contributed by atoms with van der Waals surface area (Å²) in [5.74, 6) is -0.0302. The Kier molecular flexibility index (Phi) is 7.93. The average molecular weight is 592 g/mol. The molecule has 0 saturated heterocycles. The fourth-order valence-corrected chi connectivity index (χ4v) is 4.18. The minimum atomic E-state index is -0.717. The van der Waals surface area contributed by atoms with Crippen molar-refractivity contribution in [2.45, 2.75) is 13.5 Å². The van der Waals surface area contributed by atoms with Crippen molar-refractivity contribution in [1.82, 2.24) is 0 Å². The number of carbonyl (C=O) groups is 1. The second-order valence-corrected chi connectivity index (χ2v) is 9.07. The number of nitro groups is 1. The number of halogens is 3. The van der Waals surface area contributed by atoms with Gasteiger partial charge in [-0.15, -0.1) is 0 Å². The Morgan fingerprint density at radius 3 is 2.61 bits per heavy atom. The molecular weight excluding hydrogens is 575 g/mol. The highest BCUT2D eigenvalue weighted by Crippen LogP contribution is 2.38. The summed E-state index contributed by atoms with van der Waals surface area (Å²) >= 11 is 15.9. The molecule has 0 N–H and O–H groups in total. The van der Waals surface area contributed by atoms with Gasteiger partial charge in [0.05, 0.1) is 16.6 Å². The molecule has 36 heavy (non-hydrogen) atoms. The lowest BCUT2D eigenvalue weighted by Gasteiger charge is -2.15. The molecule has 8 nitrogen and oxygen atoms in total. The number of rotatable bonds is 8. The summed E-state index contributed by atoms with van der Waals surface area (Å²) in [7, 11) is 0. The predicted molar refractivity (Wildman–Crippen MR) is 140 cm³/mol. The number of carbonyl (C=O) groups excluding carboxylic acids is 1. The third-order valence-electron chi connectivity index (χ3n) is 4.98. The van der Waals surface area contributed by atoms with Crippen molar-refractivity contribution < 1.29 is 23.9 Å². The van der Waals surface area contributed by atoms with Crippen LogP contribution in [-0.2, 0) is 16.1 Å². The first-order chi connectivity index (χ1) is 17.3. The molecule has 1 heterocycles. The molecule has 3 aromatic rings. The number of aliphatic imine (C=N–C) groups is 1. The van der Waals surface area contributed by atoms with Crippen molar-refractivity contribution >= 4 is 62.8 Å². The lowest BCUT2D eigenvalue weighted by Crippen LogP contribution is -2.06. The van der Waals surface area contributed by atoms with Crippen LogP contribution in [0.25, 0.3) is 6.08 Å². The summed E-state index contributed by atoms with van der Waals surface area (Å²) in [6.07, 6.45) is 1.48. The molecule has 184 valence electrons. The number of hydrogen-bond donors (Lipinski definition) is 0. The van der Waals surface area contributed by atoms with Gasteiger partial charge >= 0.3 is 5.97 Å². The second-order valence-electron chi connectivity index (χ2n) is 7.40. The zero-order valence-corrected chi connectivity index (χ0v) is 21.8. The molecule has 0 aromatic heterocycles. The summed E-state index contributed by atoms with van der Waals surface area (Å²) in [4.78, 5) is 27.2. The number of esters is 1. The Labute approximate surface area is 224 Å².